The van der Waals surface area contributed by atoms with Crippen molar-refractivity contribution >= 4 is 16.1 Å². The van der Waals surface area contributed by atoms with Crippen molar-refractivity contribution < 1.29 is 31.8 Å². The summed E-state index contributed by atoms with van der Waals surface area (Å²) in [5, 5.41) is 11.4. The SMILES string of the molecule is Cc1ccc(F)c(COC2CCN(S(=O)(=O)CC(NC(=O)O)c3ccccc3)CC2)c1F. The molecule has 1 fully saturated rings. The van der Waals surface area contributed by atoms with E-state index in [1.165, 1.54) is 16.4 Å². The third-order valence-electron chi connectivity index (χ3n) is 5.51. The number of nitrogens with zero attached hydrogens (tertiary/aromatic N) is 1. The molecule has 2 aromatic rings. The first kappa shape index (κ1) is 24.1. The van der Waals surface area contributed by atoms with E-state index in [9.17, 15) is 22.0 Å². The molecule has 7 nitrogen and oxygen atoms in total. The van der Waals surface area contributed by atoms with Gasteiger partial charge in [-0.15, -0.1) is 0 Å². The number of hydrogen-bond donors (Lipinski definition) is 2. The van der Waals surface area contributed by atoms with Crippen molar-refractivity contribution in [1.82, 2.24) is 9.62 Å². The predicted octanol–water partition coefficient (Wildman–Crippen LogP) is 3.59. The van der Waals surface area contributed by atoms with Crippen molar-refractivity contribution in [2.24, 2.45) is 0 Å². The molecule has 174 valence electrons. The second-order valence-electron chi connectivity index (χ2n) is 7.76. The van der Waals surface area contributed by atoms with Crippen molar-refractivity contribution in [3.63, 3.8) is 0 Å². The van der Waals surface area contributed by atoms with Gasteiger partial charge in [0.25, 0.3) is 0 Å². The van der Waals surface area contributed by atoms with Crippen LogP contribution in [-0.2, 0) is 21.4 Å². The zero-order valence-corrected chi connectivity index (χ0v) is 18.4. The highest BCUT2D eigenvalue weighted by Crippen LogP contribution is 2.24. The number of sulfonamides is 1. The number of piperidine rings is 1. The lowest BCUT2D eigenvalue weighted by Gasteiger charge is -2.32. The monoisotopic (exact) mass is 468 g/mol. The van der Waals surface area contributed by atoms with E-state index in [0.29, 0.717) is 24.0 Å². The molecule has 2 aromatic carbocycles. The second-order valence-corrected chi connectivity index (χ2v) is 9.77. The Morgan fingerprint density at radius 2 is 1.84 bits per heavy atom. The maximum Gasteiger partial charge on any atom is 0.405 e. The van der Waals surface area contributed by atoms with Gasteiger partial charge in [-0.05, 0) is 37.0 Å². The van der Waals surface area contributed by atoms with Crippen LogP contribution in [0.4, 0.5) is 13.6 Å². The first-order valence-corrected chi connectivity index (χ1v) is 11.9. The van der Waals surface area contributed by atoms with E-state index in [0.717, 1.165) is 0 Å². The van der Waals surface area contributed by atoms with Gasteiger partial charge in [0, 0.05) is 18.7 Å². The minimum absolute atomic E-state index is 0.134. The number of carboxylic acid groups (broad SMARTS) is 1. The molecule has 0 bridgehead atoms. The van der Waals surface area contributed by atoms with Crippen LogP contribution < -0.4 is 5.32 Å². The number of ether oxygens (including phenoxy) is 1. The Labute approximate surface area is 186 Å². The summed E-state index contributed by atoms with van der Waals surface area (Å²) < 4.78 is 60.8. The summed E-state index contributed by atoms with van der Waals surface area (Å²) in [5.74, 6) is -1.72. The van der Waals surface area contributed by atoms with Crippen LogP contribution in [0, 0.1) is 18.6 Å². The summed E-state index contributed by atoms with van der Waals surface area (Å²) in [6.07, 6.45) is -0.896. The largest absolute Gasteiger partial charge is 0.465 e. The summed E-state index contributed by atoms with van der Waals surface area (Å²) in [5.41, 5.74) is 0.748. The van der Waals surface area contributed by atoms with Gasteiger partial charge >= 0.3 is 6.09 Å². The van der Waals surface area contributed by atoms with E-state index < -0.39 is 39.5 Å². The molecule has 0 aromatic heterocycles. The predicted molar refractivity (Wildman–Crippen MR) is 115 cm³/mol. The highest BCUT2D eigenvalue weighted by atomic mass is 32.2. The molecule has 1 amide bonds. The summed E-state index contributed by atoms with van der Waals surface area (Å²) >= 11 is 0. The molecule has 2 N–H and O–H groups in total. The van der Waals surface area contributed by atoms with E-state index in [-0.39, 0.29) is 31.4 Å². The number of carbonyl (C=O) groups is 1. The lowest BCUT2D eigenvalue weighted by atomic mass is 10.1. The minimum Gasteiger partial charge on any atom is -0.465 e. The first-order valence-electron chi connectivity index (χ1n) is 10.2. The molecular weight excluding hydrogens is 442 g/mol. The van der Waals surface area contributed by atoms with Gasteiger partial charge in [0.05, 0.1) is 24.5 Å². The highest BCUT2D eigenvalue weighted by Gasteiger charge is 2.32. The number of halogens is 2. The van der Waals surface area contributed by atoms with Crippen LogP contribution >= 0.6 is 0 Å². The Morgan fingerprint density at radius 1 is 1.19 bits per heavy atom. The molecule has 1 aliphatic heterocycles. The van der Waals surface area contributed by atoms with E-state index in [1.807, 2.05) is 0 Å². The second kappa shape index (κ2) is 10.4. The molecule has 3 rings (SSSR count). The normalized spacial score (nSPS) is 16.6. The number of benzene rings is 2. The van der Waals surface area contributed by atoms with E-state index >= 15 is 0 Å². The molecule has 1 unspecified atom stereocenters. The standard InChI is InChI=1S/C22H26F2N2O5S/c1-15-7-8-19(23)18(21(15)24)13-31-17-9-11-26(12-10-17)32(29,30)14-20(25-22(27)28)16-5-3-2-4-6-16/h2-8,17,20,25H,9-14H2,1H3,(H,27,28). The minimum atomic E-state index is -3.75. The van der Waals surface area contributed by atoms with Crippen LogP contribution in [0.3, 0.4) is 0 Å². The van der Waals surface area contributed by atoms with Gasteiger partial charge < -0.3 is 15.2 Å². The van der Waals surface area contributed by atoms with Gasteiger partial charge in [0.2, 0.25) is 10.0 Å². The van der Waals surface area contributed by atoms with Gasteiger partial charge in [0.15, 0.2) is 0 Å². The van der Waals surface area contributed by atoms with Crippen LogP contribution in [0.15, 0.2) is 42.5 Å². The average Bonchev–Trinajstić information content (AvgIpc) is 2.76. The number of aryl methyl sites for hydroxylation is 1. The summed E-state index contributed by atoms with van der Waals surface area (Å²) in [6.45, 7) is 1.68. The lowest BCUT2D eigenvalue weighted by Crippen LogP contribution is -2.44. The fourth-order valence-electron chi connectivity index (χ4n) is 3.70. The molecule has 32 heavy (non-hydrogen) atoms. The van der Waals surface area contributed by atoms with Crippen LogP contribution in [0.1, 0.15) is 35.6 Å². The molecule has 0 aliphatic carbocycles. The Bertz CT molecular complexity index is 1040. The third kappa shape index (κ3) is 6.02. The highest BCUT2D eigenvalue weighted by molar-refractivity contribution is 7.89. The molecule has 1 aliphatic rings. The van der Waals surface area contributed by atoms with Crippen LogP contribution in [0.2, 0.25) is 0 Å². The fraction of sp³-hybridized carbons (Fsp3) is 0.409. The maximum atomic E-state index is 14.1. The Kier molecular flexibility index (Phi) is 7.81. The average molecular weight is 469 g/mol. The molecule has 0 radical (unpaired) electrons. The summed E-state index contributed by atoms with van der Waals surface area (Å²) in [6, 6.07) is 10.2. The van der Waals surface area contributed by atoms with Crippen molar-refractivity contribution in [3.05, 3.63) is 70.8 Å². The van der Waals surface area contributed by atoms with E-state index in [2.05, 4.69) is 5.32 Å². The van der Waals surface area contributed by atoms with Crippen LogP contribution in [-0.4, -0.2) is 48.9 Å². The van der Waals surface area contributed by atoms with Crippen molar-refractivity contribution in [3.8, 4) is 0 Å². The number of rotatable bonds is 8. The van der Waals surface area contributed by atoms with Crippen molar-refractivity contribution in [2.75, 3.05) is 18.8 Å². The van der Waals surface area contributed by atoms with Gasteiger partial charge in [-0.25, -0.2) is 26.3 Å². The topological polar surface area (TPSA) is 95.9 Å². The maximum absolute atomic E-state index is 14.1. The smallest absolute Gasteiger partial charge is 0.405 e. The Morgan fingerprint density at radius 3 is 2.47 bits per heavy atom. The molecule has 1 saturated heterocycles. The number of nitrogens with one attached hydrogen (secondary N) is 1. The van der Waals surface area contributed by atoms with Gasteiger partial charge in [-0.3, -0.25) is 0 Å². The van der Waals surface area contributed by atoms with Crippen molar-refractivity contribution in [2.45, 2.75) is 38.5 Å². The van der Waals surface area contributed by atoms with Gasteiger partial charge in [-0.2, -0.15) is 0 Å². The number of amides is 1. The fourth-order valence-corrected chi connectivity index (χ4v) is 5.37. The van der Waals surface area contributed by atoms with E-state index in [4.69, 9.17) is 9.84 Å². The molecule has 10 heteroatoms. The Balaban J connectivity index is 1.59. The summed E-state index contributed by atoms with van der Waals surface area (Å²) in [4.78, 5) is 11.2. The zero-order valence-electron chi connectivity index (χ0n) is 17.6. The van der Waals surface area contributed by atoms with Crippen LogP contribution in [0.5, 0.6) is 0 Å². The van der Waals surface area contributed by atoms with Gasteiger partial charge in [0.1, 0.15) is 11.6 Å². The molecule has 1 heterocycles. The third-order valence-corrected chi connectivity index (χ3v) is 7.42. The van der Waals surface area contributed by atoms with E-state index in [1.54, 1.807) is 37.3 Å². The van der Waals surface area contributed by atoms with Crippen molar-refractivity contribution in [1.29, 1.82) is 0 Å². The first-order chi connectivity index (χ1) is 15.2. The van der Waals surface area contributed by atoms with Crippen LogP contribution in [0.25, 0.3) is 0 Å². The van der Waals surface area contributed by atoms with Gasteiger partial charge in [-0.1, -0.05) is 36.4 Å². The molecule has 0 spiro atoms. The molecule has 0 saturated carbocycles. The quantitative estimate of drug-likeness (QED) is 0.617. The molecule has 1 atom stereocenters. The number of hydrogen-bond acceptors (Lipinski definition) is 4. The summed E-state index contributed by atoms with van der Waals surface area (Å²) in [7, 11) is -3.75. The zero-order chi connectivity index (χ0) is 23.3. The Hall–Kier alpha value is -2.56. The molecular formula is C22H26F2N2O5S. The lowest BCUT2D eigenvalue weighted by molar-refractivity contribution is 0.00770.